The largest absolute Gasteiger partial charge is 0.481 e. The van der Waals surface area contributed by atoms with Gasteiger partial charge in [0.15, 0.2) is 0 Å². The molecule has 1 aliphatic carbocycles. The zero-order chi connectivity index (χ0) is 16.9. The maximum atomic E-state index is 11.8. The summed E-state index contributed by atoms with van der Waals surface area (Å²) in [5.74, 6) is -1.28. The molecule has 1 saturated carbocycles. The Morgan fingerprint density at radius 3 is 2.35 bits per heavy atom. The van der Waals surface area contributed by atoms with E-state index in [2.05, 4.69) is 0 Å². The van der Waals surface area contributed by atoms with E-state index < -0.39 is 22.3 Å². The number of aliphatic carboxylic acids is 1. The molecule has 7 nitrogen and oxygen atoms in total. The lowest BCUT2D eigenvalue weighted by Crippen LogP contribution is -2.28. The first-order chi connectivity index (χ1) is 10.9. The summed E-state index contributed by atoms with van der Waals surface area (Å²) >= 11 is 0. The van der Waals surface area contributed by atoms with Crippen molar-refractivity contribution in [1.82, 2.24) is 0 Å². The highest BCUT2D eigenvalue weighted by atomic mass is 16.6. The number of hydrogen-bond acceptors (Lipinski definition) is 5. The average Bonchev–Trinajstić information content (AvgIpc) is 3.01. The fourth-order valence-corrected chi connectivity index (χ4v) is 2.91. The number of nitrogens with zero attached hydrogens (tertiary/aromatic N) is 1. The maximum absolute atomic E-state index is 11.8. The number of ether oxygens (including phenoxy) is 1. The molecule has 0 amide bonds. The number of rotatable bonds is 7. The number of carbonyl (C=O) groups is 2. The van der Waals surface area contributed by atoms with Crippen LogP contribution in [0.2, 0.25) is 0 Å². The van der Waals surface area contributed by atoms with Crippen molar-refractivity contribution in [2.24, 2.45) is 5.41 Å². The third-order valence-corrected chi connectivity index (χ3v) is 4.37. The summed E-state index contributed by atoms with van der Waals surface area (Å²) in [5, 5.41) is 19.9. The fourth-order valence-electron chi connectivity index (χ4n) is 2.91. The van der Waals surface area contributed by atoms with Crippen LogP contribution >= 0.6 is 0 Å². The topological polar surface area (TPSA) is 107 Å². The Morgan fingerprint density at radius 2 is 1.83 bits per heavy atom. The second-order valence-corrected chi connectivity index (χ2v) is 5.88. The number of carboxylic acids is 1. The van der Waals surface area contributed by atoms with Crippen molar-refractivity contribution >= 4 is 17.6 Å². The summed E-state index contributed by atoms with van der Waals surface area (Å²) in [7, 11) is 0. The number of nitro groups is 1. The lowest BCUT2D eigenvalue weighted by Gasteiger charge is -2.22. The fraction of sp³-hybridized carbons (Fsp3) is 0.500. The van der Waals surface area contributed by atoms with Gasteiger partial charge < -0.3 is 9.84 Å². The molecule has 0 heterocycles. The number of benzene rings is 1. The molecule has 0 aliphatic heterocycles. The van der Waals surface area contributed by atoms with E-state index in [1.165, 1.54) is 24.3 Å². The predicted molar refractivity (Wildman–Crippen MR) is 80.7 cm³/mol. The van der Waals surface area contributed by atoms with Gasteiger partial charge in [0.1, 0.15) is 6.61 Å². The van der Waals surface area contributed by atoms with Crippen LogP contribution in [0.5, 0.6) is 0 Å². The van der Waals surface area contributed by atoms with Crippen molar-refractivity contribution in [3.8, 4) is 0 Å². The minimum Gasteiger partial charge on any atom is -0.481 e. The maximum Gasteiger partial charge on any atom is 0.309 e. The molecule has 1 aromatic rings. The van der Waals surface area contributed by atoms with E-state index in [4.69, 9.17) is 4.74 Å². The highest BCUT2D eigenvalue weighted by Gasteiger charge is 2.41. The molecule has 1 aliphatic rings. The molecule has 1 fully saturated rings. The van der Waals surface area contributed by atoms with E-state index in [1.54, 1.807) is 0 Å². The Balaban J connectivity index is 1.81. The Kier molecular flexibility index (Phi) is 5.31. The van der Waals surface area contributed by atoms with Gasteiger partial charge in [0.05, 0.1) is 10.3 Å². The molecule has 1 aromatic carbocycles. The molecule has 2 rings (SSSR count). The molecule has 0 saturated heterocycles. The molecule has 7 heteroatoms. The molecule has 124 valence electrons. The van der Waals surface area contributed by atoms with Crippen molar-refractivity contribution in [2.75, 3.05) is 0 Å². The van der Waals surface area contributed by atoms with Crippen LogP contribution in [-0.2, 0) is 20.9 Å². The van der Waals surface area contributed by atoms with Crippen molar-refractivity contribution in [1.29, 1.82) is 0 Å². The van der Waals surface area contributed by atoms with E-state index in [0.29, 0.717) is 24.8 Å². The highest BCUT2D eigenvalue weighted by Crippen LogP contribution is 2.42. The SMILES string of the molecule is O=C(CCC1(C(=O)O)CCCC1)OCc1ccc([N+](=O)[O-])cc1. The van der Waals surface area contributed by atoms with Crippen molar-refractivity contribution < 1.29 is 24.4 Å². The minimum atomic E-state index is -0.835. The molecule has 0 bridgehead atoms. The average molecular weight is 321 g/mol. The molecule has 23 heavy (non-hydrogen) atoms. The molecule has 0 unspecified atom stereocenters. The second-order valence-electron chi connectivity index (χ2n) is 5.88. The van der Waals surface area contributed by atoms with Crippen LogP contribution in [0.3, 0.4) is 0 Å². The first kappa shape index (κ1) is 16.9. The summed E-state index contributed by atoms with van der Waals surface area (Å²) in [4.78, 5) is 33.2. The molecule has 0 radical (unpaired) electrons. The molecular formula is C16H19NO6. The van der Waals surface area contributed by atoms with Crippen molar-refractivity contribution in [3.63, 3.8) is 0 Å². The van der Waals surface area contributed by atoms with Gasteiger partial charge >= 0.3 is 11.9 Å². The Labute approximate surface area is 133 Å². The normalized spacial score (nSPS) is 16.0. The molecule has 0 spiro atoms. The van der Waals surface area contributed by atoms with Crippen LogP contribution in [0.1, 0.15) is 44.1 Å². The van der Waals surface area contributed by atoms with Gasteiger partial charge in [-0.05, 0) is 37.0 Å². The van der Waals surface area contributed by atoms with E-state index in [9.17, 15) is 24.8 Å². The monoisotopic (exact) mass is 321 g/mol. The van der Waals surface area contributed by atoms with Crippen LogP contribution in [0, 0.1) is 15.5 Å². The number of non-ortho nitro benzene ring substituents is 1. The Hall–Kier alpha value is -2.44. The number of carbonyl (C=O) groups excluding carboxylic acids is 1. The van der Waals surface area contributed by atoms with Crippen molar-refractivity contribution in [2.45, 2.75) is 45.1 Å². The van der Waals surface area contributed by atoms with Gasteiger partial charge in [0.2, 0.25) is 0 Å². The standard InChI is InChI=1S/C16H19NO6/c18-14(7-10-16(15(19)20)8-1-2-9-16)23-11-12-3-5-13(6-4-12)17(21)22/h3-6H,1-2,7-11H2,(H,19,20). The zero-order valence-electron chi connectivity index (χ0n) is 12.7. The number of carboxylic acid groups (broad SMARTS) is 1. The quantitative estimate of drug-likeness (QED) is 0.470. The predicted octanol–water partition coefficient (Wildman–Crippen LogP) is 3.06. The van der Waals surface area contributed by atoms with Gasteiger partial charge in [-0.15, -0.1) is 0 Å². The molecule has 0 aromatic heterocycles. The Bertz CT molecular complexity index is 589. The van der Waals surface area contributed by atoms with Gasteiger partial charge in [0.25, 0.3) is 5.69 Å². The van der Waals surface area contributed by atoms with Gasteiger partial charge in [0, 0.05) is 18.6 Å². The molecule has 1 N–H and O–H groups in total. The van der Waals surface area contributed by atoms with Crippen LogP contribution in [-0.4, -0.2) is 22.0 Å². The van der Waals surface area contributed by atoms with Crippen LogP contribution in [0.4, 0.5) is 5.69 Å². The van der Waals surface area contributed by atoms with Gasteiger partial charge in [-0.3, -0.25) is 19.7 Å². The van der Waals surface area contributed by atoms with Gasteiger partial charge in [-0.25, -0.2) is 0 Å². The van der Waals surface area contributed by atoms with E-state index >= 15 is 0 Å². The number of hydrogen-bond donors (Lipinski definition) is 1. The van der Waals surface area contributed by atoms with E-state index in [0.717, 1.165) is 12.8 Å². The van der Waals surface area contributed by atoms with E-state index in [-0.39, 0.29) is 18.7 Å². The third-order valence-electron chi connectivity index (χ3n) is 4.37. The van der Waals surface area contributed by atoms with Crippen LogP contribution in [0.15, 0.2) is 24.3 Å². The van der Waals surface area contributed by atoms with Crippen molar-refractivity contribution in [3.05, 3.63) is 39.9 Å². The van der Waals surface area contributed by atoms with Gasteiger partial charge in [-0.2, -0.15) is 0 Å². The first-order valence-corrected chi connectivity index (χ1v) is 7.55. The van der Waals surface area contributed by atoms with Crippen LogP contribution < -0.4 is 0 Å². The summed E-state index contributed by atoms with van der Waals surface area (Å²) in [5.41, 5.74) is -0.158. The van der Waals surface area contributed by atoms with Crippen LogP contribution in [0.25, 0.3) is 0 Å². The number of esters is 1. The summed E-state index contributed by atoms with van der Waals surface area (Å²) in [6.45, 7) is 0.0247. The summed E-state index contributed by atoms with van der Waals surface area (Å²) < 4.78 is 5.11. The minimum absolute atomic E-state index is 0.0234. The van der Waals surface area contributed by atoms with E-state index in [1.807, 2.05) is 0 Å². The zero-order valence-corrected chi connectivity index (χ0v) is 12.7. The first-order valence-electron chi connectivity index (χ1n) is 7.55. The number of nitro benzene ring substituents is 1. The lowest BCUT2D eigenvalue weighted by atomic mass is 9.82. The summed E-state index contributed by atoms with van der Waals surface area (Å²) in [6, 6.07) is 5.75. The second kappa shape index (κ2) is 7.21. The van der Waals surface area contributed by atoms with Gasteiger partial charge in [-0.1, -0.05) is 12.8 Å². The molecule has 0 atom stereocenters. The third kappa shape index (κ3) is 4.28. The molecular weight excluding hydrogens is 302 g/mol. The smallest absolute Gasteiger partial charge is 0.309 e. The lowest BCUT2D eigenvalue weighted by molar-refractivity contribution is -0.384. The highest BCUT2D eigenvalue weighted by molar-refractivity contribution is 5.76. The summed E-state index contributed by atoms with van der Waals surface area (Å²) in [6.07, 6.45) is 3.34. The Morgan fingerprint density at radius 1 is 1.22 bits per heavy atom.